The molecule has 1 rings (SSSR count). The molecular weight excluding hydrogens is 225 g/mol. The Kier molecular flexibility index (Phi) is 4.90. The zero-order valence-corrected chi connectivity index (χ0v) is 9.87. The van der Waals surface area contributed by atoms with Gasteiger partial charge >= 0.3 is 5.97 Å². The Labute approximate surface area is 99.4 Å². The predicted molar refractivity (Wildman–Crippen MR) is 61.5 cm³/mol. The lowest BCUT2D eigenvalue weighted by Gasteiger charge is -2.14. The number of rotatable bonds is 6. The molecule has 0 bridgehead atoms. The second kappa shape index (κ2) is 6.20. The van der Waals surface area contributed by atoms with Gasteiger partial charge in [0, 0.05) is 12.1 Å². The van der Waals surface area contributed by atoms with E-state index in [1.54, 1.807) is 19.1 Å². The van der Waals surface area contributed by atoms with Crippen LogP contribution in [-0.2, 0) is 11.3 Å². The molecule has 0 aliphatic heterocycles. The molecule has 0 amide bonds. The largest absolute Gasteiger partial charge is 0.496 e. The van der Waals surface area contributed by atoms with Gasteiger partial charge in [0.2, 0.25) is 0 Å². The molecule has 0 saturated carbocycles. The van der Waals surface area contributed by atoms with E-state index in [1.807, 2.05) is 0 Å². The lowest BCUT2D eigenvalue weighted by atomic mass is 10.1. The van der Waals surface area contributed by atoms with Crippen LogP contribution < -0.4 is 10.1 Å². The van der Waals surface area contributed by atoms with Crippen molar-refractivity contribution in [1.29, 1.82) is 0 Å². The summed E-state index contributed by atoms with van der Waals surface area (Å²) in [6.45, 7) is 1.88. The fourth-order valence-corrected chi connectivity index (χ4v) is 1.53. The van der Waals surface area contributed by atoms with E-state index >= 15 is 0 Å². The summed E-state index contributed by atoms with van der Waals surface area (Å²) in [5.41, 5.74) is 0.342. The number of carbonyl (C=O) groups is 1. The molecule has 2 N–H and O–H groups in total. The quantitative estimate of drug-likeness (QED) is 0.797. The van der Waals surface area contributed by atoms with Gasteiger partial charge in [-0.3, -0.25) is 4.79 Å². The summed E-state index contributed by atoms with van der Waals surface area (Å²) in [7, 11) is 1.45. The molecule has 0 heterocycles. The van der Waals surface area contributed by atoms with Gasteiger partial charge in [0.1, 0.15) is 17.6 Å². The van der Waals surface area contributed by atoms with E-state index in [1.165, 1.54) is 13.2 Å². The highest BCUT2D eigenvalue weighted by Gasteiger charge is 2.16. The van der Waals surface area contributed by atoms with Crippen LogP contribution in [0, 0.1) is 5.82 Å². The minimum absolute atomic E-state index is 0.126. The number of methoxy groups -OCH3 is 1. The number of carboxylic acids is 1. The van der Waals surface area contributed by atoms with E-state index in [-0.39, 0.29) is 6.54 Å². The average molecular weight is 241 g/mol. The molecule has 0 aromatic heterocycles. The molecule has 0 spiro atoms. The van der Waals surface area contributed by atoms with Crippen LogP contribution in [0.15, 0.2) is 18.2 Å². The highest BCUT2D eigenvalue weighted by molar-refractivity contribution is 5.73. The number of carboxylic acid groups (broad SMARTS) is 1. The first-order valence-electron chi connectivity index (χ1n) is 5.37. The minimum Gasteiger partial charge on any atom is -0.496 e. The fourth-order valence-electron chi connectivity index (χ4n) is 1.53. The van der Waals surface area contributed by atoms with E-state index in [4.69, 9.17) is 9.84 Å². The number of aliphatic carboxylic acids is 1. The SMILES string of the molecule is CC[C@@H](NCc1c(F)cccc1OC)C(=O)O. The number of hydrogen-bond acceptors (Lipinski definition) is 3. The first-order chi connectivity index (χ1) is 8.10. The van der Waals surface area contributed by atoms with Crippen molar-refractivity contribution in [3.05, 3.63) is 29.6 Å². The van der Waals surface area contributed by atoms with Gasteiger partial charge in [0.05, 0.1) is 7.11 Å². The normalized spacial score (nSPS) is 12.2. The summed E-state index contributed by atoms with van der Waals surface area (Å²) >= 11 is 0. The third-order valence-corrected chi connectivity index (χ3v) is 2.53. The highest BCUT2D eigenvalue weighted by atomic mass is 19.1. The summed E-state index contributed by atoms with van der Waals surface area (Å²) in [5.74, 6) is -0.933. The standard InChI is InChI=1S/C12H16FNO3/c1-3-10(12(15)16)14-7-8-9(13)5-4-6-11(8)17-2/h4-6,10,14H,3,7H2,1-2H3,(H,15,16)/t10-/m1/s1. The fraction of sp³-hybridized carbons (Fsp3) is 0.417. The molecule has 0 unspecified atom stereocenters. The molecule has 4 nitrogen and oxygen atoms in total. The summed E-state index contributed by atoms with van der Waals surface area (Å²) < 4.78 is 18.6. The monoisotopic (exact) mass is 241 g/mol. The van der Waals surface area contributed by atoms with Crippen molar-refractivity contribution in [1.82, 2.24) is 5.32 Å². The molecule has 0 aliphatic rings. The number of halogens is 1. The van der Waals surface area contributed by atoms with Gasteiger partial charge in [-0.1, -0.05) is 13.0 Å². The summed E-state index contributed by atoms with van der Waals surface area (Å²) in [6, 6.07) is 3.83. The van der Waals surface area contributed by atoms with Gasteiger partial charge in [0.15, 0.2) is 0 Å². The zero-order valence-electron chi connectivity index (χ0n) is 9.87. The summed E-state index contributed by atoms with van der Waals surface area (Å²) in [5, 5.41) is 11.6. The van der Waals surface area contributed by atoms with Gasteiger partial charge in [-0.2, -0.15) is 0 Å². The van der Waals surface area contributed by atoms with Gasteiger partial charge in [-0.25, -0.2) is 4.39 Å². The van der Waals surface area contributed by atoms with Crippen molar-refractivity contribution < 1.29 is 19.0 Å². The number of nitrogens with one attached hydrogen (secondary N) is 1. The maximum Gasteiger partial charge on any atom is 0.320 e. The van der Waals surface area contributed by atoms with Crippen molar-refractivity contribution in [2.75, 3.05) is 7.11 Å². The van der Waals surface area contributed by atoms with Crippen molar-refractivity contribution >= 4 is 5.97 Å². The van der Waals surface area contributed by atoms with E-state index in [2.05, 4.69) is 5.32 Å². The van der Waals surface area contributed by atoms with Crippen LogP contribution in [-0.4, -0.2) is 24.2 Å². The average Bonchev–Trinajstić information content (AvgIpc) is 2.31. The molecule has 0 radical (unpaired) electrons. The van der Waals surface area contributed by atoms with Crippen LogP contribution in [0.25, 0.3) is 0 Å². The third-order valence-electron chi connectivity index (χ3n) is 2.53. The molecular formula is C12H16FNO3. The second-order valence-electron chi connectivity index (χ2n) is 3.60. The van der Waals surface area contributed by atoms with Gasteiger partial charge in [0.25, 0.3) is 0 Å². The topological polar surface area (TPSA) is 58.6 Å². The summed E-state index contributed by atoms with van der Waals surface area (Å²) in [6.07, 6.45) is 0.437. The van der Waals surface area contributed by atoms with Crippen LogP contribution in [0.1, 0.15) is 18.9 Å². The van der Waals surface area contributed by atoms with Crippen molar-refractivity contribution in [3.8, 4) is 5.75 Å². The zero-order chi connectivity index (χ0) is 12.8. The molecule has 1 aromatic carbocycles. The van der Waals surface area contributed by atoms with Crippen LogP contribution in [0.4, 0.5) is 4.39 Å². The molecule has 17 heavy (non-hydrogen) atoms. The molecule has 1 atom stereocenters. The number of hydrogen-bond donors (Lipinski definition) is 2. The Balaban J connectivity index is 2.77. The van der Waals surface area contributed by atoms with Crippen LogP contribution >= 0.6 is 0 Å². The van der Waals surface area contributed by atoms with Crippen LogP contribution in [0.3, 0.4) is 0 Å². The van der Waals surface area contributed by atoms with Crippen molar-refractivity contribution in [2.45, 2.75) is 25.9 Å². The van der Waals surface area contributed by atoms with Crippen LogP contribution in [0.2, 0.25) is 0 Å². The molecule has 0 saturated heterocycles. The third kappa shape index (κ3) is 3.42. The van der Waals surface area contributed by atoms with Crippen molar-refractivity contribution in [2.24, 2.45) is 0 Å². The maximum absolute atomic E-state index is 13.5. The van der Waals surface area contributed by atoms with Gasteiger partial charge in [-0.15, -0.1) is 0 Å². The Morgan fingerprint density at radius 1 is 1.59 bits per heavy atom. The Morgan fingerprint density at radius 3 is 2.82 bits per heavy atom. The highest BCUT2D eigenvalue weighted by Crippen LogP contribution is 2.20. The maximum atomic E-state index is 13.5. The predicted octanol–water partition coefficient (Wildman–Crippen LogP) is 1.79. The van der Waals surface area contributed by atoms with E-state index in [0.29, 0.717) is 17.7 Å². The van der Waals surface area contributed by atoms with Crippen LogP contribution in [0.5, 0.6) is 5.75 Å². The molecule has 0 fully saturated rings. The molecule has 0 aliphatic carbocycles. The van der Waals surface area contributed by atoms with E-state index < -0.39 is 17.8 Å². The number of ether oxygens (including phenoxy) is 1. The first-order valence-corrected chi connectivity index (χ1v) is 5.37. The Morgan fingerprint density at radius 2 is 2.29 bits per heavy atom. The first kappa shape index (κ1) is 13.4. The lowest BCUT2D eigenvalue weighted by Crippen LogP contribution is -2.35. The number of benzene rings is 1. The van der Waals surface area contributed by atoms with Crippen molar-refractivity contribution in [3.63, 3.8) is 0 Å². The van der Waals surface area contributed by atoms with Gasteiger partial charge in [-0.05, 0) is 18.6 Å². The molecule has 1 aromatic rings. The Bertz CT molecular complexity index is 395. The van der Waals surface area contributed by atoms with E-state index in [0.717, 1.165) is 0 Å². The smallest absolute Gasteiger partial charge is 0.320 e. The minimum atomic E-state index is -0.942. The summed E-state index contributed by atoms with van der Waals surface area (Å²) in [4.78, 5) is 10.8. The van der Waals surface area contributed by atoms with E-state index in [9.17, 15) is 9.18 Å². The molecule has 94 valence electrons. The Hall–Kier alpha value is -1.62. The lowest BCUT2D eigenvalue weighted by molar-refractivity contribution is -0.139. The second-order valence-corrected chi connectivity index (χ2v) is 3.60. The molecule has 5 heteroatoms. The van der Waals surface area contributed by atoms with Gasteiger partial charge < -0.3 is 15.2 Å².